The predicted octanol–water partition coefficient (Wildman–Crippen LogP) is 4.16. The van der Waals surface area contributed by atoms with Crippen LogP contribution in [0.2, 0.25) is 0 Å². The summed E-state index contributed by atoms with van der Waals surface area (Å²) in [5, 5.41) is 0. The molecule has 1 aromatic rings. The Morgan fingerprint density at radius 3 is 2.78 bits per heavy atom. The molecule has 1 fully saturated rings. The Morgan fingerprint density at radius 1 is 1.50 bits per heavy atom. The number of alkyl halides is 1. The van der Waals surface area contributed by atoms with Gasteiger partial charge in [0.2, 0.25) is 5.91 Å². The van der Waals surface area contributed by atoms with E-state index in [0.717, 1.165) is 16.7 Å². The highest BCUT2D eigenvalue weighted by Crippen LogP contribution is 2.34. The number of benzene rings is 1. The minimum absolute atomic E-state index is 0.185. The van der Waals surface area contributed by atoms with Gasteiger partial charge in [-0.15, -0.1) is 11.6 Å². The molecule has 1 amide bonds. The Hall–Kier alpha value is -0.540. The van der Waals surface area contributed by atoms with E-state index in [2.05, 4.69) is 35.8 Å². The van der Waals surface area contributed by atoms with Gasteiger partial charge in [-0.1, -0.05) is 29.8 Å². The van der Waals surface area contributed by atoms with Gasteiger partial charge in [0.05, 0.1) is 0 Å². The fourth-order valence-corrected chi connectivity index (χ4v) is 2.94. The zero-order valence-corrected chi connectivity index (χ0v) is 13.0. The van der Waals surface area contributed by atoms with Crippen molar-refractivity contribution in [1.29, 1.82) is 0 Å². The molecular weight excluding hydrogens is 314 g/mol. The number of rotatable bonds is 3. The Kier molecular flexibility index (Phi) is 4.33. The second kappa shape index (κ2) is 5.62. The number of anilines is 1. The third-order valence-corrected chi connectivity index (χ3v) is 4.26. The summed E-state index contributed by atoms with van der Waals surface area (Å²) < 4.78 is 1.05. The lowest BCUT2D eigenvalue weighted by Gasteiger charge is -2.22. The molecule has 1 heterocycles. The van der Waals surface area contributed by atoms with Gasteiger partial charge in [-0.05, 0) is 35.6 Å². The highest BCUT2D eigenvalue weighted by atomic mass is 79.9. The lowest BCUT2D eigenvalue weighted by Crippen LogP contribution is -2.26. The van der Waals surface area contributed by atoms with Gasteiger partial charge < -0.3 is 4.90 Å². The monoisotopic (exact) mass is 329 g/mol. The first kappa shape index (κ1) is 13.9. The first-order valence-electron chi connectivity index (χ1n) is 6.18. The molecule has 2 nitrogen and oxygen atoms in total. The zero-order chi connectivity index (χ0) is 13.3. The molecule has 18 heavy (non-hydrogen) atoms. The summed E-state index contributed by atoms with van der Waals surface area (Å²) in [5.74, 6) is 1.41. The number of halogens is 2. The molecule has 0 aromatic heterocycles. The quantitative estimate of drug-likeness (QED) is 0.762. The molecule has 1 unspecified atom stereocenters. The minimum Gasteiger partial charge on any atom is -0.312 e. The van der Waals surface area contributed by atoms with E-state index in [-0.39, 0.29) is 11.8 Å². The Balaban J connectivity index is 2.36. The van der Waals surface area contributed by atoms with Gasteiger partial charge in [-0.2, -0.15) is 0 Å². The highest BCUT2D eigenvalue weighted by Gasteiger charge is 2.31. The van der Waals surface area contributed by atoms with E-state index in [4.69, 9.17) is 11.6 Å². The van der Waals surface area contributed by atoms with E-state index in [1.165, 1.54) is 5.56 Å². The summed E-state index contributed by atoms with van der Waals surface area (Å²) in [6.45, 7) is 5.03. The van der Waals surface area contributed by atoms with Gasteiger partial charge >= 0.3 is 0 Å². The number of amides is 1. The predicted molar refractivity (Wildman–Crippen MR) is 79.4 cm³/mol. The molecule has 0 bridgehead atoms. The zero-order valence-electron chi connectivity index (χ0n) is 10.6. The molecule has 0 radical (unpaired) electrons. The summed E-state index contributed by atoms with van der Waals surface area (Å²) in [7, 11) is 0. The van der Waals surface area contributed by atoms with Gasteiger partial charge in [-0.25, -0.2) is 0 Å². The van der Waals surface area contributed by atoms with Crippen LogP contribution in [0.15, 0.2) is 22.7 Å². The van der Waals surface area contributed by atoms with Crippen molar-refractivity contribution in [2.75, 3.05) is 17.3 Å². The van der Waals surface area contributed by atoms with Crippen LogP contribution in [-0.2, 0) is 4.79 Å². The standard InChI is InChI=1S/C14H17BrClNO/c1-9(2)12-6-11(15)3-4-13(12)17-8-10(7-16)5-14(17)18/h3-4,6,9-10H,5,7-8H2,1-2H3. The first-order chi connectivity index (χ1) is 8.52. The number of carbonyl (C=O) groups is 1. The number of hydrogen-bond acceptors (Lipinski definition) is 1. The second-order valence-corrected chi connectivity index (χ2v) is 6.31. The second-order valence-electron chi connectivity index (χ2n) is 5.09. The molecule has 1 saturated heterocycles. The highest BCUT2D eigenvalue weighted by molar-refractivity contribution is 9.10. The van der Waals surface area contributed by atoms with Gasteiger partial charge in [0.15, 0.2) is 0 Å². The van der Waals surface area contributed by atoms with Crippen molar-refractivity contribution in [2.24, 2.45) is 5.92 Å². The van der Waals surface area contributed by atoms with E-state index in [9.17, 15) is 4.79 Å². The molecule has 0 N–H and O–H groups in total. The normalized spacial score (nSPS) is 19.9. The van der Waals surface area contributed by atoms with Crippen molar-refractivity contribution >= 4 is 39.1 Å². The maximum atomic E-state index is 12.1. The van der Waals surface area contributed by atoms with Crippen molar-refractivity contribution in [3.63, 3.8) is 0 Å². The molecule has 4 heteroatoms. The van der Waals surface area contributed by atoms with Crippen LogP contribution < -0.4 is 4.90 Å². The molecule has 0 spiro atoms. The molecule has 0 saturated carbocycles. The average molecular weight is 331 g/mol. The number of hydrogen-bond donors (Lipinski definition) is 0. The van der Waals surface area contributed by atoms with Gasteiger partial charge in [0.1, 0.15) is 0 Å². The lowest BCUT2D eigenvalue weighted by atomic mass is 10.0. The average Bonchev–Trinajstić information content (AvgIpc) is 2.70. The summed E-state index contributed by atoms with van der Waals surface area (Å²) in [6.07, 6.45) is 0.567. The van der Waals surface area contributed by atoms with Crippen LogP contribution >= 0.6 is 27.5 Å². The molecule has 98 valence electrons. The molecule has 2 rings (SSSR count). The summed E-state index contributed by atoms with van der Waals surface area (Å²) in [5.41, 5.74) is 2.23. The van der Waals surface area contributed by atoms with E-state index < -0.39 is 0 Å². The van der Waals surface area contributed by atoms with E-state index in [1.807, 2.05) is 17.0 Å². The summed E-state index contributed by atoms with van der Waals surface area (Å²) >= 11 is 9.36. The topological polar surface area (TPSA) is 20.3 Å². The fourth-order valence-electron chi connectivity index (χ4n) is 2.35. The van der Waals surface area contributed by atoms with Crippen molar-refractivity contribution in [1.82, 2.24) is 0 Å². The van der Waals surface area contributed by atoms with Crippen LogP contribution in [0.4, 0.5) is 5.69 Å². The molecular formula is C14H17BrClNO. The van der Waals surface area contributed by atoms with E-state index >= 15 is 0 Å². The first-order valence-corrected chi connectivity index (χ1v) is 7.51. The Bertz CT molecular complexity index is 461. The molecule has 0 aliphatic carbocycles. The third kappa shape index (κ3) is 2.72. The van der Waals surface area contributed by atoms with Crippen LogP contribution in [0.3, 0.4) is 0 Å². The Morgan fingerprint density at radius 2 is 2.22 bits per heavy atom. The molecule has 1 aliphatic rings. The minimum atomic E-state index is 0.185. The summed E-state index contributed by atoms with van der Waals surface area (Å²) in [4.78, 5) is 13.9. The largest absolute Gasteiger partial charge is 0.312 e. The van der Waals surface area contributed by atoms with E-state index in [0.29, 0.717) is 18.2 Å². The smallest absolute Gasteiger partial charge is 0.227 e. The molecule has 1 aliphatic heterocycles. The van der Waals surface area contributed by atoms with Gasteiger partial charge in [0.25, 0.3) is 0 Å². The van der Waals surface area contributed by atoms with Crippen LogP contribution in [0, 0.1) is 5.92 Å². The number of nitrogens with zero attached hydrogens (tertiary/aromatic N) is 1. The van der Waals surface area contributed by atoms with Gasteiger partial charge in [-0.3, -0.25) is 4.79 Å². The van der Waals surface area contributed by atoms with Crippen LogP contribution in [0.25, 0.3) is 0 Å². The van der Waals surface area contributed by atoms with Crippen LogP contribution in [0.5, 0.6) is 0 Å². The van der Waals surface area contributed by atoms with E-state index in [1.54, 1.807) is 0 Å². The van der Waals surface area contributed by atoms with Crippen LogP contribution in [0.1, 0.15) is 31.7 Å². The third-order valence-electron chi connectivity index (χ3n) is 3.33. The van der Waals surface area contributed by atoms with Crippen molar-refractivity contribution < 1.29 is 4.79 Å². The summed E-state index contributed by atoms with van der Waals surface area (Å²) in [6, 6.07) is 6.11. The van der Waals surface area contributed by atoms with Crippen molar-refractivity contribution in [3.8, 4) is 0 Å². The lowest BCUT2D eigenvalue weighted by molar-refractivity contribution is -0.117. The SMILES string of the molecule is CC(C)c1cc(Br)ccc1N1CC(CCl)CC1=O. The Labute approximate surface area is 121 Å². The molecule has 1 atom stereocenters. The maximum Gasteiger partial charge on any atom is 0.227 e. The fraction of sp³-hybridized carbons (Fsp3) is 0.500. The van der Waals surface area contributed by atoms with Crippen molar-refractivity contribution in [2.45, 2.75) is 26.2 Å². The maximum absolute atomic E-state index is 12.1. The van der Waals surface area contributed by atoms with Gasteiger partial charge in [0, 0.05) is 29.0 Å². The number of carbonyl (C=O) groups excluding carboxylic acids is 1. The molecule has 1 aromatic carbocycles. The van der Waals surface area contributed by atoms with Crippen molar-refractivity contribution in [3.05, 3.63) is 28.2 Å². The van der Waals surface area contributed by atoms with Crippen LogP contribution in [-0.4, -0.2) is 18.3 Å².